The predicted molar refractivity (Wildman–Crippen MR) is 39.7 cm³/mol. The maximum Gasteiger partial charge on any atom is 0.308 e. The van der Waals surface area contributed by atoms with E-state index < -0.39 is 23.8 Å². The van der Waals surface area contributed by atoms with Gasteiger partial charge in [-0.3, -0.25) is 9.59 Å². The van der Waals surface area contributed by atoms with Crippen molar-refractivity contribution in [2.75, 3.05) is 13.1 Å². The molecule has 1 saturated heterocycles. The van der Waals surface area contributed by atoms with E-state index in [1.807, 2.05) is 0 Å². The number of carboxylic acids is 2. The first-order valence-corrected chi connectivity index (χ1v) is 3.79. The SMILES string of the molecule is O=C(O)[C@H]1CNCC[C@H]1C(=O)O. The zero-order valence-corrected chi connectivity index (χ0v) is 6.49. The highest BCUT2D eigenvalue weighted by Crippen LogP contribution is 2.19. The second-order valence-electron chi connectivity index (χ2n) is 2.88. The summed E-state index contributed by atoms with van der Waals surface area (Å²) in [5, 5.41) is 20.2. The third-order valence-corrected chi connectivity index (χ3v) is 2.12. The maximum absolute atomic E-state index is 10.6. The smallest absolute Gasteiger partial charge is 0.308 e. The quantitative estimate of drug-likeness (QED) is 0.518. The van der Waals surface area contributed by atoms with Gasteiger partial charge in [0.2, 0.25) is 0 Å². The van der Waals surface area contributed by atoms with Gasteiger partial charge in [0.05, 0.1) is 11.8 Å². The maximum atomic E-state index is 10.6. The summed E-state index contributed by atoms with van der Waals surface area (Å²) in [5.41, 5.74) is 0. The molecule has 3 N–H and O–H groups in total. The second-order valence-corrected chi connectivity index (χ2v) is 2.88. The molecule has 1 aliphatic rings. The van der Waals surface area contributed by atoms with Crippen LogP contribution in [0.3, 0.4) is 0 Å². The van der Waals surface area contributed by atoms with Crippen molar-refractivity contribution in [2.24, 2.45) is 11.8 Å². The molecule has 1 rings (SSSR count). The van der Waals surface area contributed by atoms with E-state index in [2.05, 4.69) is 5.32 Å². The molecular weight excluding hydrogens is 162 g/mol. The van der Waals surface area contributed by atoms with E-state index in [1.165, 1.54) is 0 Å². The van der Waals surface area contributed by atoms with Crippen LogP contribution in [-0.4, -0.2) is 35.2 Å². The van der Waals surface area contributed by atoms with Crippen LogP contribution in [-0.2, 0) is 9.59 Å². The second kappa shape index (κ2) is 3.53. The first-order chi connectivity index (χ1) is 5.63. The summed E-state index contributed by atoms with van der Waals surface area (Å²) in [5.74, 6) is -3.56. The largest absolute Gasteiger partial charge is 0.481 e. The zero-order chi connectivity index (χ0) is 9.14. The highest BCUT2D eigenvalue weighted by molar-refractivity contribution is 5.80. The predicted octanol–water partition coefficient (Wildman–Crippen LogP) is -0.619. The minimum atomic E-state index is -1.03. The Bertz CT molecular complexity index is 182. The summed E-state index contributed by atoms with van der Waals surface area (Å²) in [6.45, 7) is 0.840. The Labute approximate surface area is 69.4 Å². The fourth-order valence-corrected chi connectivity index (χ4v) is 1.41. The van der Waals surface area contributed by atoms with Gasteiger partial charge in [-0.2, -0.15) is 0 Å². The standard InChI is InChI=1S/C7H11NO4/c9-6(10)4-1-2-8-3-5(4)7(11)12/h4-5,8H,1-3H2,(H,9,10)(H,11,12)/t4-,5+/m1/s1. The molecule has 0 bridgehead atoms. The molecule has 0 aromatic rings. The molecule has 1 heterocycles. The van der Waals surface area contributed by atoms with Gasteiger partial charge in [0.25, 0.3) is 0 Å². The summed E-state index contributed by atoms with van der Waals surface area (Å²) in [6, 6.07) is 0. The van der Waals surface area contributed by atoms with Crippen molar-refractivity contribution in [3.63, 3.8) is 0 Å². The fourth-order valence-electron chi connectivity index (χ4n) is 1.41. The molecule has 5 nitrogen and oxygen atoms in total. The lowest BCUT2D eigenvalue weighted by molar-refractivity contribution is -0.154. The molecule has 0 aromatic carbocycles. The van der Waals surface area contributed by atoms with Gasteiger partial charge in [0.15, 0.2) is 0 Å². The molecule has 5 heteroatoms. The molecule has 0 aliphatic carbocycles. The van der Waals surface area contributed by atoms with Crippen LogP contribution in [0.25, 0.3) is 0 Å². The van der Waals surface area contributed by atoms with E-state index in [4.69, 9.17) is 10.2 Å². The molecule has 68 valence electrons. The number of hydrogen-bond acceptors (Lipinski definition) is 3. The van der Waals surface area contributed by atoms with Gasteiger partial charge in [0, 0.05) is 6.54 Å². The molecule has 12 heavy (non-hydrogen) atoms. The Morgan fingerprint density at radius 3 is 2.17 bits per heavy atom. The number of carboxylic acid groups (broad SMARTS) is 2. The van der Waals surface area contributed by atoms with Gasteiger partial charge in [-0.1, -0.05) is 0 Å². The number of carbonyl (C=O) groups is 2. The molecule has 0 saturated carbocycles. The number of hydrogen-bond donors (Lipinski definition) is 3. The number of nitrogens with one attached hydrogen (secondary N) is 1. The van der Waals surface area contributed by atoms with Crippen molar-refractivity contribution in [1.82, 2.24) is 5.32 Å². The normalized spacial score (nSPS) is 29.7. The molecule has 2 atom stereocenters. The van der Waals surface area contributed by atoms with E-state index in [1.54, 1.807) is 0 Å². The zero-order valence-electron chi connectivity index (χ0n) is 6.49. The van der Waals surface area contributed by atoms with Crippen LogP contribution in [0.1, 0.15) is 6.42 Å². The minimum absolute atomic E-state index is 0.256. The lowest BCUT2D eigenvalue weighted by atomic mass is 9.87. The first-order valence-electron chi connectivity index (χ1n) is 3.79. The van der Waals surface area contributed by atoms with Crippen LogP contribution < -0.4 is 5.32 Å². The van der Waals surface area contributed by atoms with Crippen molar-refractivity contribution in [3.05, 3.63) is 0 Å². The number of piperidine rings is 1. The van der Waals surface area contributed by atoms with Crippen LogP contribution in [0.2, 0.25) is 0 Å². The minimum Gasteiger partial charge on any atom is -0.481 e. The third-order valence-electron chi connectivity index (χ3n) is 2.12. The van der Waals surface area contributed by atoms with E-state index >= 15 is 0 Å². The molecule has 0 spiro atoms. The molecule has 0 amide bonds. The molecule has 1 fully saturated rings. The highest BCUT2D eigenvalue weighted by atomic mass is 16.4. The van der Waals surface area contributed by atoms with Crippen molar-refractivity contribution in [3.8, 4) is 0 Å². The van der Waals surface area contributed by atoms with Gasteiger partial charge in [-0.05, 0) is 13.0 Å². The van der Waals surface area contributed by atoms with Gasteiger partial charge in [0.1, 0.15) is 0 Å². The topological polar surface area (TPSA) is 86.6 Å². The Kier molecular flexibility index (Phi) is 2.65. The van der Waals surface area contributed by atoms with Gasteiger partial charge >= 0.3 is 11.9 Å². The van der Waals surface area contributed by atoms with E-state index in [0.29, 0.717) is 13.0 Å². The number of aliphatic carboxylic acids is 2. The van der Waals surface area contributed by atoms with E-state index in [-0.39, 0.29) is 6.54 Å². The monoisotopic (exact) mass is 173 g/mol. The summed E-state index contributed by atoms with van der Waals surface area (Å²) >= 11 is 0. The molecule has 1 aliphatic heterocycles. The van der Waals surface area contributed by atoms with Gasteiger partial charge in [-0.25, -0.2) is 0 Å². The molecule has 0 aromatic heterocycles. The van der Waals surface area contributed by atoms with Crippen LogP contribution in [0.5, 0.6) is 0 Å². The van der Waals surface area contributed by atoms with Crippen molar-refractivity contribution in [1.29, 1.82) is 0 Å². The van der Waals surface area contributed by atoms with Crippen LogP contribution >= 0.6 is 0 Å². The Balaban J connectivity index is 2.67. The van der Waals surface area contributed by atoms with Crippen molar-refractivity contribution in [2.45, 2.75) is 6.42 Å². The third kappa shape index (κ3) is 1.73. The summed E-state index contributed by atoms with van der Waals surface area (Å²) in [7, 11) is 0. The summed E-state index contributed by atoms with van der Waals surface area (Å²) in [4.78, 5) is 21.1. The summed E-state index contributed by atoms with van der Waals surface area (Å²) < 4.78 is 0. The van der Waals surface area contributed by atoms with E-state index in [0.717, 1.165) is 0 Å². The molecule has 0 radical (unpaired) electrons. The van der Waals surface area contributed by atoms with E-state index in [9.17, 15) is 9.59 Å². The highest BCUT2D eigenvalue weighted by Gasteiger charge is 2.35. The lowest BCUT2D eigenvalue weighted by Gasteiger charge is -2.25. The molecule has 0 unspecified atom stereocenters. The van der Waals surface area contributed by atoms with Crippen molar-refractivity contribution >= 4 is 11.9 Å². The molecular formula is C7H11NO4. The lowest BCUT2D eigenvalue weighted by Crippen LogP contribution is -2.43. The Morgan fingerprint density at radius 1 is 1.17 bits per heavy atom. The fraction of sp³-hybridized carbons (Fsp3) is 0.714. The average Bonchev–Trinajstić information content (AvgIpc) is 2.04. The van der Waals surface area contributed by atoms with Crippen LogP contribution in [0.15, 0.2) is 0 Å². The first kappa shape index (κ1) is 8.99. The van der Waals surface area contributed by atoms with Crippen LogP contribution in [0, 0.1) is 11.8 Å². The average molecular weight is 173 g/mol. The van der Waals surface area contributed by atoms with Gasteiger partial charge in [-0.15, -0.1) is 0 Å². The van der Waals surface area contributed by atoms with Crippen molar-refractivity contribution < 1.29 is 19.8 Å². The Hall–Kier alpha value is -1.10. The van der Waals surface area contributed by atoms with Gasteiger partial charge < -0.3 is 15.5 Å². The van der Waals surface area contributed by atoms with Crippen LogP contribution in [0.4, 0.5) is 0 Å². The summed E-state index contributed by atoms with van der Waals surface area (Å²) in [6.07, 6.45) is 0.395. The number of rotatable bonds is 2. The Morgan fingerprint density at radius 2 is 1.75 bits per heavy atom.